The van der Waals surface area contributed by atoms with Crippen molar-refractivity contribution in [1.82, 2.24) is 31.9 Å². The van der Waals surface area contributed by atoms with Gasteiger partial charge in [0.2, 0.25) is 0 Å². The summed E-state index contributed by atoms with van der Waals surface area (Å²) in [6, 6.07) is 45.2. The van der Waals surface area contributed by atoms with Gasteiger partial charge in [0.05, 0.1) is 0 Å². The predicted molar refractivity (Wildman–Crippen MR) is 437 cm³/mol. The quantitative estimate of drug-likeness (QED) is 0.0650. The maximum absolute atomic E-state index is 15.3. The highest BCUT2D eigenvalue weighted by Crippen LogP contribution is 2.64. The number of fused-ring (bicyclic) bond motifs is 9. The lowest BCUT2D eigenvalue weighted by molar-refractivity contribution is -0.222. The van der Waals surface area contributed by atoms with Crippen LogP contribution in [-0.2, 0) is 16.2 Å². The number of rotatable bonds is 12. The molecule has 0 unspecified atom stereocenters. The molecule has 9 aliphatic carbocycles. The molecule has 3 heterocycles. The van der Waals surface area contributed by atoms with Gasteiger partial charge in [0, 0.05) is 35.9 Å². The first-order chi connectivity index (χ1) is 53.4. The summed E-state index contributed by atoms with van der Waals surface area (Å²) in [5.41, 5.74) is 0.953. The number of carbonyl (C=O) groups is 3. The first-order valence-corrected chi connectivity index (χ1v) is 43.6. The van der Waals surface area contributed by atoms with Crippen molar-refractivity contribution in [3.8, 4) is 34.5 Å². The van der Waals surface area contributed by atoms with Crippen LogP contribution in [0.5, 0.6) is 34.5 Å². The van der Waals surface area contributed by atoms with Crippen molar-refractivity contribution in [2.45, 2.75) is 304 Å². The van der Waals surface area contributed by atoms with E-state index in [0.29, 0.717) is 52.3 Å². The Labute approximate surface area is 657 Å². The van der Waals surface area contributed by atoms with Gasteiger partial charge >= 0.3 is 18.1 Å². The molecule has 6 bridgehead atoms. The Morgan fingerprint density at radius 1 is 0.315 bits per heavy atom. The second-order valence-corrected chi connectivity index (χ2v) is 39.3. The topological polar surface area (TPSA) is 179 Å². The molecule has 7 aromatic carbocycles. The Morgan fingerprint density at radius 2 is 0.532 bits per heavy atom. The number of carbonyl (C=O) groups excluding carboxylic acids is 3. The van der Waals surface area contributed by atoms with E-state index in [1.165, 1.54) is 16.7 Å². The lowest BCUT2D eigenvalue weighted by Gasteiger charge is -2.56. The average Bonchev–Trinajstić information content (AvgIpc) is 1.64. The zero-order valence-electron chi connectivity index (χ0n) is 67.3. The molecule has 3 spiro atoms. The van der Waals surface area contributed by atoms with Crippen LogP contribution in [0.25, 0.3) is 32.3 Å². The summed E-state index contributed by atoms with van der Waals surface area (Å²) in [6.07, 6.45) is 24.8. The minimum atomic E-state index is -1.16. The first-order valence-electron chi connectivity index (χ1n) is 43.6. The number of hydrogen-bond acceptors (Lipinski definition) is 9. The van der Waals surface area contributed by atoms with Crippen LogP contribution >= 0.6 is 0 Å². The van der Waals surface area contributed by atoms with Crippen LogP contribution in [0.2, 0.25) is 0 Å². The van der Waals surface area contributed by atoms with Gasteiger partial charge in [-0.05, 0) is 253 Å². The molecule has 0 saturated heterocycles. The van der Waals surface area contributed by atoms with Gasteiger partial charge in [0.1, 0.15) is 16.6 Å². The van der Waals surface area contributed by atoms with Gasteiger partial charge in [-0.2, -0.15) is 0 Å². The Bertz CT molecular complexity index is 4120. The summed E-state index contributed by atoms with van der Waals surface area (Å²) in [7, 11) is 0. The highest BCUT2D eigenvalue weighted by molar-refractivity contribution is 6.27. The molecule has 7 aromatic rings. The molecule has 9 fully saturated rings. The SMILES string of the molecule is C[C@@H]1CC[C@@H](C(C)(C)c2ccccc2)[C@H](NC(=O)NC23CCCC(CCC2)C32Oc3cc4c5cc6c(cc5c5cc7c(cc5c4cc3O2)OC2(O7)C3CCCC2(NC(=O)N[C@@H]2C[C@H](C)CC[C@H]2C(C)(C)c2ccccc2)CCC3)OC2(O6)C3CCCC2(NC(=O)N[C@@H]2C[C@H](C)CC[C@H]2C(C)(C)c2ccccc2)CCC3)C1. The second kappa shape index (κ2) is 27.0. The Morgan fingerprint density at radius 3 is 0.748 bits per heavy atom. The summed E-state index contributed by atoms with van der Waals surface area (Å²) in [5, 5.41) is 27.9. The summed E-state index contributed by atoms with van der Waals surface area (Å²) < 4.78 is 46.1. The van der Waals surface area contributed by atoms with E-state index in [4.69, 9.17) is 28.4 Å². The Hall–Kier alpha value is -8.07. The van der Waals surface area contributed by atoms with Crippen molar-refractivity contribution >= 4 is 50.4 Å². The minimum Gasteiger partial charge on any atom is -0.446 e. The van der Waals surface area contributed by atoms with Crippen LogP contribution in [0.1, 0.15) is 252 Å². The molecule has 6 amide bonds. The van der Waals surface area contributed by atoms with E-state index in [2.05, 4.69) is 222 Å². The van der Waals surface area contributed by atoms with E-state index in [1.54, 1.807) is 0 Å². The molecule has 15 heteroatoms. The van der Waals surface area contributed by atoms with Crippen molar-refractivity contribution in [3.63, 3.8) is 0 Å². The maximum Gasteiger partial charge on any atom is 0.315 e. The van der Waals surface area contributed by atoms with Gasteiger partial charge in [-0.25, -0.2) is 14.4 Å². The molecular formula is C96H120N6O9. The van der Waals surface area contributed by atoms with Crippen molar-refractivity contribution in [1.29, 1.82) is 0 Å². The number of hydrogen-bond donors (Lipinski definition) is 6. The van der Waals surface area contributed by atoms with Gasteiger partial charge in [0.25, 0.3) is 17.4 Å². The van der Waals surface area contributed by atoms with Gasteiger partial charge in [-0.3, -0.25) is 0 Å². The Kier molecular flexibility index (Phi) is 17.8. The molecule has 6 N–H and O–H groups in total. The number of amides is 6. The van der Waals surface area contributed by atoms with E-state index in [-0.39, 0.29) is 88.0 Å². The standard InChI is InChI=1S/C96H120N6O9/c1-58-37-40-73(88(4,5)61-25-13-10-14-26-61)76(49-58)97-85(103)100-91-43-19-31-64(32-20-44-91)94(91)106-79-52-67-68(53-80(79)107-94)70-55-82-84(111-96(109-82)66-35-23-47-93(96,48-24-36-66)102-87(105)99-78-51-60(3)39-42-75(78)90(8,9)63-29-17-12-18-30-63)57-72(70)71-56-83-81(54-69(67)71)108-95(110-83)65-33-21-45-92(95,46-22-34-65)101-86(104)98-77-50-59(2)38-41-74(77)89(6,7)62-27-15-11-16-28-62/h10-18,25-30,52-60,64-66,73-78H,19-24,31-51H2,1-9H3,(H2,97,100,103)(H2,98,101,104)(H2,99,102,105)/t58-,59-,60-,64?,65?,66?,73-,74-,75-,76-,77-,78-,91?,92?,93?,94?,95?,96?/m1/s1. The number of benzene rings is 7. The van der Waals surface area contributed by atoms with Crippen LogP contribution in [0.3, 0.4) is 0 Å². The lowest BCUT2D eigenvalue weighted by atomic mass is 9.62. The normalized spacial score (nSPS) is 35.2. The molecule has 111 heavy (non-hydrogen) atoms. The third kappa shape index (κ3) is 11.7. The summed E-state index contributed by atoms with van der Waals surface area (Å²) in [4.78, 5) is 45.9. The van der Waals surface area contributed by atoms with Crippen LogP contribution in [0.15, 0.2) is 127 Å². The molecule has 15 nitrogen and oxygen atoms in total. The average molecular weight is 1500 g/mol. The first kappa shape index (κ1) is 73.1. The number of nitrogens with one attached hydrogen (secondary N) is 6. The molecule has 0 aromatic heterocycles. The lowest BCUT2D eigenvalue weighted by Crippen LogP contribution is -2.75. The van der Waals surface area contributed by atoms with Gasteiger partial charge < -0.3 is 60.3 Å². The van der Waals surface area contributed by atoms with Gasteiger partial charge in [-0.15, -0.1) is 0 Å². The monoisotopic (exact) mass is 1500 g/mol. The molecule has 588 valence electrons. The number of urea groups is 3. The molecule has 9 saturated carbocycles. The van der Waals surface area contributed by atoms with Gasteiger partial charge in [-0.1, -0.05) is 211 Å². The van der Waals surface area contributed by atoms with Crippen LogP contribution in [-0.4, -0.2) is 70.2 Å². The minimum absolute atomic E-state index is 0.0219. The van der Waals surface area contributed by atoms with Gasteiger partial charge in [0.15, 0.2) is 34.5 Å². The van der Waals surface area contributed by atoms with Crippen molar-refractivity contribution in [3.05, 3.63) is 144 Å². The molecule has 0 radical (unpaired) electrons. The fourth-order valence-corrected chi connectivity index (χ4v) is 26.1. The fourth-order valence-electron chi connectivity index (χ4n) is 26.1. The third-order valence-electron chi connectivity index (χ3n) is 31.9. The Balaban J connectivity index is 0.693. The smallest absolute Gasteiger partial charge is 0.315 e. The highest BCUT2D eigenvalue weighted by atomic mass is 16.8. The highest BCUT2D eigenvalue weighted by Gasteiger charge is 2.71. The molecule has 9 atom stereocenters. The van der Waals surface area contributed by atoms with E-state index < -0.39 is 34.0 Å². The van der Waals surface area contributed by atoms with Crippen molar-refractivity contribution in [2.24, 2.45) is 53.3 Å². The van der Waals surface area contributed by atoms with E-state index >= 15 is 14.4 Å². The van der Waals surface area contributed by atoms with E-state index in [9.17, 15) is 0 Å². The summed E-state index contributed by atoms with van der Waals surface area (Å²) in [5.74, 6) is 2.69. The van der Waals surface area contributed by atoms with Crippen molar-refractivity contribution in [2.75, 3.05) is 0 Å². The van der Waals surface area contributed by atoms with E-state index in [0.717, 1.165) is 206 Å². The third-order valence-corrected chi connectivity index (χ3v) is 31.9. The molecule has 19 rings (SSSR count). The maximum atomic E-state index is 15.3. The summed E-state index contributed by atoms with van der Waals surface area (Å²) in [6.45, 7) is 21.1. The number of ether oxygens (including phenoxy) is 6. The zero-order valence-corrected chi connectivity index (χ0v) is 67.3. The van der Waals surface area contributed by atoms with E-state index in [1.807, 2.05) is 0 Å². The zero-order chi connectivity index (χ0) is 76.2. The second-order valence-electron chi connectivity index (χ2n) is 39.3. The predicted octanol–water partition coefficient (Wildman–Crippen LogP) is 21.0. The van der Waals surface area contributed by atoms with Crippen LogP contribution < -0.4 is 60.3 Å². The van der Waals surface area contributed by atoms with Crippen LogP contribution in [0.4, 0.5) is 14.4 Å². The molecular weight excluding hydrogens is 1380 g/mol. The fraction of sp³-hybridized carbons (Fsp3) is 0.594. The largest absolute Gasteiger partial charge is 0.446 e. The molecule has 12 aliphatic rings. The van der Waals surface area contributed by atoms with Crippen molar-refractivity contribution < 1.29 is 42.8 Å². The molecule has 3 aliphatic heterocycles. The summed E-state index contributed by atoms with van der Waals surface area (Å²) >= 11 is 0. The van der Waals surface area contributed by atoms with Crippen LogP contribution in [0, 0.1) is 53.3 Å².